The van der Waals surface area contributed by atoms with Gasteiger partial charge >= 0.3 is 0 Å². The summed E-state index contributed by atoms with van der Waals surface area (Å²) in [6.07, 6.45) is 4.48. The second-order valence-corrected chi connectivity index (χ2v) is 12.7. The Morgan fingerprint density at radius 1 is 0.976 bits per heavy atom. The maximum Gasteiger partial charge on any atom is 0.264 e. The van der Waals surface area contributed by atoms with Crippen LogP contribution in [-0.4, -0.2) is 56.9 Å². The molecule has 1 aliphatic carbocycles. The molecule has 1 N–H and O–H groups in total. The zero-order chi connectivity index (χ0) is 30.1. The number of rotatable bonds is 13. The van der Waals surface area contributed by atoms with Gasteiger partial charge in [0.1, 0.15) is 18.3 Å². The van der Waals surface area contributed by atoms with Gasteiger partial charge in [0.05, 0.1) is 17.2 Å². The van der Waals surface area contributed by atoms with Crippen LogP contribution >= 0.6 is 11.6 Å². The fourth-order valence-electron chi connectivity index (χ4n) is 5.10. The van der Waals surface area contributed by atoms with E-state index in [4.69, 9.17) is 16.3 Å². The Labute approximate surface area is 253 Å². The number of carbonyl (C=O) groups excluding carboxylic acids is 2. The van der Waals surface area contributed by atoms with Crippen molar-refractivity contribution >= 4 is 39.1 Å². The van der Waals surface area contributed by atoms with Crippen LogP contribution in [-0.2, 0) is 26.0 Å². The van der Waals surface area contributed by atoms with E-state index in [9.17, 15) is 18.0 Å². The van der Waals surface area contributed by atoms with Crippen LogP contribution in [0.5, 0.6) is 5.75 Å². The molecule has 1 unspecified atom stereocenters. The SMILES string of the molecule is CCOc1ccc(N(CC(=O)N(CCc2ccccc2)C(C)C(=O)NC2CCCC2)S(=O)(=O)c2ccc(Cl)cc2)cc1. The number of hydrogen-bond donors (Lipinski definition) is 1. The highest BCUT2D eigenvalue weighted by Gasteiger charge is 2.33. The quantitative estimate of drug-likeness (QED) is 0.277. The number of amides is 2. The van der Waals surface area contributed by atoms with Crippen molar-refractivity contribution in [1.29, 1.82) is 0 Å². The van der Waals surface area contributed by atoms with Crippen molar-refractivity contribution in [2.75, 3.05) is 24.0 Å². The first-order valence-electron chi connectivity index (χ1n) is 14.3. The molecule has 3 aromatic carbocycles. The largest absolute Gasteiger partial charge is 0.494 e. The van der Waals surface area contributed by atoms with E-state index in [0.717, 1.165) is 35.6 Å². The van der Waals surface area contributed by atoms with Gasteiger partial charge in [-0.2, -0.15) is 0 Å². The van der Waals surface area contributed by atoms with E-state index >= 15 is 0 Å². The van der Waals surface area contributed by atoms with Crippen LogP contribution in [0.3, 0.4) is 0 Å². The summed E-state index contributed by atoms with van der Waals surface area (Å²) < 4.78 is 34.5. The van der Waals surface area contributed by atoms with Gasteiger partial charge < -0.3 is 15.0 Å². The topological polar surface area (TPSA) is 96.0 Å². The molecule has 0 spiro atoms. The van der Waals surface area contributed by atoms with E-state index in [0.29, 0.717) is 29.5 Å². The van der Waals surface area contributed by atoms with Crippen molar-refractivity contribution in [3.63, 3.8) is 0 Å². The Balaban J connectivity index is 1.64. The molecule has 0 radical (unpaired) electrons. The molecule has 0 aromatic heterocycles. The minimum atomic E-state index is -4.17. The van der Waals surface area contributed by atoms with Crippen LogP contribution in [0, 0.1) is 0 Å². The number of nitrogens with one attached hydrogen (secondary N) is 1. The maximum atomic E-state index is 14.0. The summed E-state index contributed by atoms with van der Waals surface area (Å²) in [5.74, 6) is -0.138. The molecular formula is C32H38ClN3O5S. The van der Waals surface area contributed by atoms with Crippen molar-refractivity contribution in [2.45, 2.75) is 62.9 Å². The summed E-state index contributed by atoms with van der Waals surface area (Å²) >= 11 is 6.02. The third-order valence-corrected chi connectivity index (χ3v) is 9.51. The van der Waals surface area contributed by atoms with Crippen molar-refractivity contribution < 1.29 is 22.7 Å². The predicted molar refractivity (Wildman–Crippen MR) is 165 cm³/mol. The van der Waals surface area contributed by atoms with Crippen LogP contribution in [0.15, 0.2) is 83.8 Å². The third kappa shape index (κ3) is 8.04. The summed E-state index contributed by atoms with van der Waals surface area (Å²) in [6, 6.07) is 21.3. The van der Waals surface area contributed by atoms with Crippen molar-refractivity contribution in [3.05, 3.63) is 89.4 Å². The minimum absolute atomic E-state index is 0.00329. The fourth-order valence-corrected chi connectivity index (χ4v) is 6.64. The lowest BCUT2D eigenvalue weighted by molar-refractivity contribution is -0.139. The molecule has 2 amide bonds. The Kier molecular flexibility index (Phi) is 10.9. The second kappa shape index (κ2) is 14.6. The molecule has 0 heterocycles. The Bertz CT molecular complexity index is 1430. The van der Waals surface area contributed by atoms with Gasteiger partial charge in [-0.3, -0.25) is 13.9 Å². The van der Waals surface area contributed by atoms with Crippen molar-refractivity contribution in [1.82, 2.24) is 10.2 Å². The molecule has 3 aromatic rings. The first kappa shape index (κ1) is 31.4. The molecule has 0 saturated heterocycles. The highest BCUT2D eigenvalue weighted by Crippen LogP contribution is 2.27. The van der Waals surface area contributed by atoms with Crippen molar-refractivity contribution in [2.24, 2.45) is 0 Å². The average molecular weight is 612 g/mol. The van der Waals surface area contributed by atoms with E-state index in [2.05, 4.69) is 5.32 Å². The van der Waals surface area contributed by atoms with E-state index in [1.807, 2.05) is 37.3 Å². The number of ether oxygens (including phenoxy) is 1. The number of anilines is 1. The molecule has 0 aliphatic heterocycles. The lowest BCUT2D eigenvalue weighted by Gasteiger charge is -2.32. The summed E-state index contributed by atoms with van der Waals surface area (Å²) in [7, 11) is -4.17. The third-order valence-electron chi connectivity index (χ3n) is 7.47. The van der Waals surface area contributed by atoms with Gasteiger partial charge in [0.15, 0.2) is 0 Å². The molecule has 1 atom stereocenters. The van der Waals surface area contributed by atoms with Crippen LogP contribution in [0.4, 0.5) is 5.69 Å². The van der Waals surface area contributed by atoms with Gasteiger partial charge in [-0.05, 0) is 87.2 Å². The average Bonchev–Trinajstić information content (AvgIpc) is 3.50. The Morgan fingerprint density at radius 2 is 1.62 bits per heavy atom. The maximum absolute atomic E-state index is 14.0. The first-order chi connectivity index (χ1) is 20.2. The molecule has 1 saturated carbocycles. The standard InChI is InChI=1S/C32H38ClN3O5S/c1-3-41-29-17-15-28(16-18-29)36(42(39,40)30-19-13-26(33)14-20-30)23-31(37)35(22-21-25-9-5-4-6-10-25)24(2)32(38)34-27-11-7-8-12-27/h4-6,9-10,13-20,24,27H,3,7-8,11-12,21-23H2,1-2H3,(H,34,38). The molecule has 8 nitrogen and oxygen atoms in total. The summed E-state index contributed by atoms with van der Waals surface area (Å²) in [4.78, 5) is 28.8. The monoisotopic (exact) mass is 611 g/mol. The van der Waals surface area contributed by atoms with Gasteiger partial charge in [-0.1, -0.05) is 54.8 Å². The number of halogens is 1. The molecule has 1 aliphatic rings. The molecule has 4 rings (SSSR count). The normalized spacial score (nSPS) is 14.3. The van der Waals surface area contributed by atoms with Crippen LogP contribution < -0.4 is 14.4 Å². The smallest absolute Gasteiger partial charge is 0.264 e. The summed E-state index contributed by atoms with van der Waals surface area (Å²) in [5.41, 5.74) is 1.31. The number of carbonyl (C=O) groups is 2. The van der Waals surface area contributed by atoms with Crippen LogP contribution in [0.1, 0.15) is 45.1 Å². The van der Waals surface area contributed by atoms with Crippen molar-refractivity contribution in [3.8, 4) is 5.75 Å². The highest BCUT2D eigenvalue weighted by molar-refractivity contribution is 7.92. The Hall–Kier alpha value is -3.56. The molecule has 0 bridgehead atoms. The van der Waals surface area contributed by atoms with Gasteiger partial charge in [-0.15, -0.1) is 0 Å². The predicted octanol–water partition coefficient (Wildman–Crippen LogP) is 5.45. The fraction of sp³-hybridized carbons (Fsp3) is 0.375. The lowest BCUT2D eigenvalue weighted by atomic mass is 10.1. The summed E-state index contributed by atoms with van der Waals surface area (Å²) in [5, 5.41) is 3.48. The van der Waals surface area contributed by atoms with Crippen LogP contribution in [0.25, 0.3) is 0 Å². The van der Waals surface area contributed by atoms with E-state index in [1.165, 1.54) is 29.2 Å². The first-order valence-corrected chi connectivity index (χ1v) is 16.2. The molecule has 10 heteroatoms. The van der Waals surface area contributed by atoms with E-state index in [1.54, 1.807) is 31.2 Å². The van der Waals surface area contributed by atoms with E-state index in [-0.39, 0.29) is 23.4 Å². The number of hydrogen-bond acceptors (Lipinski definition) is 5. The highest BCUT2D eigenvalue weighted by atomic mass is 35.5. The molecule has 1 fully saturated rings. The Morgan fingerprint density at radius 3 is 2.24 bits per heavy atom. The van der Waals surface area contributed by atoms with Crippen LogP contribution in [0.2, 0.25) is 5.02 Å². The zero-order valence-corrected chi connectivity index (χ0v) is 25.6. The molecular weight excluding hydrogens is 574 g/mol. The lowest BCUT2D eigenvalue weighted by Crippen LogP contribution is -2.53. The van der Waals surface area contributed by atoms with Gasteiger partial charge in [-0.25, -0.2) is 8.42 Å². The molecule has 42 heavy (non-hydrogen) atoms. The zero-order valence-electron chi connectivity index (χ0n) is 24.0. The van der Waals surface area contributed by atoms with Gasteiger partial charge in [0, 0.05) is 17.6 Å². The number of nitrogens with zero attached hydrogens (tertiary/aromatic N) is 2. The summed E-state index contributed by atoms with van der Waals surface area (Å²) in [6.45, 7) is 3.77. The minimum Gasteiger partial charge on any atom is -0.494 e. The van der Waals surface area contributed by atoms with E-state index < -0.39 is 28.5 Å². The second-order valence-electron chi connectivity index (χ2n) is 10.4. The number of sulfonamides is 1. The van der Waals surface area contributed by atoms with Gasteiger partial charge in [0.2, 0.25) is 11.8 Å². The van der Waals surface area contributed by atoms with Gasteiger partial charge in [0.25, 0.3) is 10.0 Å². The number of benzene rings is 3. The molecule has 224 valence electrons.